The lowest BCUT2D eigenvalue weighted by atomic mass is 9.87. The summed E-state index contributed by atoms with van der Waals surface area (Å²) in [5, 5.41) is 36.4. The molecule has 1 aliphatic rings. The molecule has 2 aromatic heterocycles. The van der Waals surface area contributed by atoms with Crippen molar-refractivity contribution in [3.8, 4) is 0 Å². The molecule has 3 rings (SSSR count). The van der Waals surface area contributed by atoms with Gasteiger partial charge in [0.15, 0.2) is 22.8 Å². The summed E-state index contributed by atoms with van der Waals surface area (Å²) in [6.45, 7) is 2.21. The second-order valence-corrected chi connectivity index (χ2v) is 21.6. The van der Waals surface area contributed by atoms with Gasteiger partial charge in [-0.25, -0.2) is 19.3 Å². The fraction of sp³-hybridized carbons (Fsp3) is 0.784. The molecular weight excluding hydrogens is 955 g/mol. The SMILES string of the molecule is CCCCCCCCCCCCCC(O)CC(=O)SCCNC(=O)CCNC(=O)[C@H](O)C(C)(C)COP(=O)([O-])OP(=O)([O-])OC[C@H]1O[C@@H](n2cnc3c(N)ncnc32)[C@H](O)[C@@H]1OP(=O)([O-])[O-]. The molecule has 66 heavy (non-hydrogen) atoms. The Balaban J connectivity index is 1.33. The summed E-state index contributed by atoms with van der Waals surface area (Å²) in [5.41, 5.74) is 4.06. The maximum Gasteiger partial charge on any atom is 0.274 e. The lowest BCUT2D eigenvalue weighted by molar-refractivity contribution is -0.347. The van der Waals surface area contributed by atoms with Gasteiger partial charge in [0.25, 0.3) is 15.6 Å². The van der Waals surface area contributed by atoms with Gasteiger partial charge in [0.1, 0.15) is 36.3 Å². The Morgan fingerprint density at radius 1 is 0.924 bits per heavy atom. The average Bonchev–Trinajstić information content (AvgIpc) is 3.79. The molecule has 0 aromatic carbocycles. The van der Waals surface area contributed by atoms with E-state index in [4.69, 9.17) is 10.5 Å². The first-order valence-corrected chi connectivity index (χ1v) is 27.0. The molecule has 0 saturated carbocycles. The second-order valence-electron chi connectivity index (χ2n) is 16.4. The summed E-state index contributed by atoms with van der Waals surface area (Å²) in [4.78, 5) is 96.8. The van der Waals surface area contributed by atoms with Crippen LogP contribution in [0.4, 0.5) is 5.82 Å². The number of aliphatic hydroxyl groups excluding tert-OH is 3. The smallest absolute Gasteiger partial charge is 0.274 e. The summed E-state index contributed by atoms with van der Waals surface area (Å²) in [7, 11) is -17.6. The zero-order chi connectivity index (χ0) is 49.1. The van der Waals surface area contributed by atoms with Gasteiger partial charge in [-0.15, -0.1) is 0 Å². The third-order valence-electron chi connectivity index (χ3n) is 10.3. The number of aliphatic hydroxyl groups is 3. The lowest BCUT2D eigenvalue weighted by Gasteiger charge is -2.36. The van der Waals surface area contributed by atoms with Crippen LogP contribution in [0.25, 0.3) is 11.2 Å². The highest BCUT2D eigenvalue weighted by molar-refractivity contribution is 8.13. The standard InChI is InChI=1S/C37H66N7O18P3S/c1-4-5-6-7-8-9-10-11-12-13-14-15-25(45)20-28(47)66-19-18-39-27(46)16-17-40-35(50)32(49)37(2,3)22-59-65(56,57)62-64(54,55)58-21-26-31(61-63(51,52)53)30(48)36(60-26)44-24-43-29-33(38)41-23-42-34(29)44/h23-26,30-32,36,45,48-49H,4-22H2,1-3H3,(H,39,46)(H,40,50)(H,54,55)(H,56,57)(H2,38,41,42)(H2,51,52,53)/p-4/t25?,26-,30-,31-,32+,36-/m1/s1. The number of fused-ring (bicyclic) bond motifs is 1. The summed E-state index contributed by atoms with van der Waals surface area (Å²) >= 11 is 0.987. The van der Waals surface area contributed by atoms with E-state index in [1.807, 2.05) is 0 Å². The van der Waals surface area contributed by atoms with Crippen LogP contribution in [0, 0.1) is 5.41 Å². The second kappa shape index (κ2) is 27.6. The van der Waals surface area contributed by atoms with Gasteiger partial charge in [-0.05, 0) is 6.42 Å². The zero-order valence-corrected chi connectivity index (χ0v) is 40.6. The fourth-order valence-corrected chi connectivity index (χ4v) is 10.1. The quantitative estimate of drug-likeness (QED) is 0.0421. The molecule has 1 fully saturated rings. The van der Waals surface area contributed by atoms with Crippen molar-refractivity contribution >= 4 is 69.1 Å². The van der Waals surface area contributed by atoms with E-state index in [0.717, 1.165) is 48.2 Å². The van der Waals surface area contributed by atoms with Gasteiger partial charge in [-0.3, -0.25) is 28.1 Å². The number of aromatic nitrogens is 4. The van der Waals surface area contributed by atoms with Crippen LogP contribution in [0.2, 0.25) is 0 Å². The average molecular weight is 1020 g/mol. The number of rotatable bonds is 33. The van der Waals surface area contributed by atoms with Crippen molar-refractivity contribution in [2.24, 2.45) is 5.41 Å². The maximum atomic E-state index is 12.6. The molecule has 2 aromatic rings. The van der Waals surface area contributed by atoms with Crippen LogP contribution in [0.3, 0.4) is 0 Å². The highest BCUT2D eigenvalue weighted by Gasteiger charge is 2.47. The number of amides is 2. The number of phosphoric acid groups is 3. The predicted octanol–water partition coefficient (Wildman–Crippen LogP) is 0.589. The van der Waals surface area contributed by atoms with E-state index in [0.29, 0.717) is 6.42 Å². The van der Waals surface area contributed by atoms with Gasteiger partial charge in [0.05, 0.1) is 33.5 Å². The van der Waals surface area contributed by atoms with E-state index in [1.165, 1.54) is 65.2 Å². The number of hydrogen-bond acceptors (Lipinski definition) is 23. The Bertz CT molecular complexity index is 2000. The van der Waals surface area contributed by atoms with Crippen molar-refractivity contribution in [1.82, 2.24) is 30.2 Å². The molecule has 3 heterocycles. The van der Waals surface area contributed by atoms with Crippen LogP contribution in [0.15, 0.2) is 12.7 Å². The molecule has 0 spiro atoms. The van der Waals surface area contributed by atoms with Gasteiger partial charge in [0, 0.05) is 37.1 Å². The number of unbranched alkanes of at least 4 members (excludes halogenated alkanes) is 10. The number of ether oxygens (including phenoxy) is 1. The number of carbonyl (C=O) groups excluding carboxylic acids is 3. The first kappa shape index (κ1) is 57.8. The normalized spacial score (nSPS) is 20.7. The maximum absolute atomic E-state index is 12.6. The third kappa shape index (κ3) is 20.6. The molecule has 1 aliphatic heterocycles. The van der Waals surface area contributed by atoms with Gasteiger partial charge in [-0.1, -0.05) is 103 Å². The van der Waals surface area contributed by atoms with Gasteiger partial charge in [-0.2, -0.15) is 0 Å². The highest BCUT2D eigenvalue weighted by atomic mass is 32.2. The van der Waals surface area contributed by atoms with E-state index >= 15 is 0 Å². The number of carbonyl (C=O) groups is 3. The predicted molar refractivity (Wildman–Crippen MR) is 230 cm³/mol. The minimum Gasteiger partial charge on any atom is -0.790 e. The van der Waals surface area contributed by atoms with Crippen LogP contribution in [0.1, 0.15) is 117 Å². The van der Waals surface area contributed by atoms with E-state index in [2.05, 4.69) is 50.4 Å². The number of nitrogens with one attached hydrogen (secondary N) is 2. The fourth-order valence-electron chi connectivity index (χ4n) is 6.67. The van der Waals surface area contributed by atoms with E-state index in [9.17, 15) is 63.0 Å². The van der Waals surface area contributed by atoms with Gasteiger partial charge >= 0.3 is 0 Å². The van der Waals surface area contributed by atoms with Crippen LogP contribution >= 0.6 is 35.2 Å². The number of nitrogens with two attached hydrogens (primary N) is 1. The van der Waals surface area contributed by atoms with Crippen LogP contribution in [-0.2, 0) is 50.7 Å². The van der Waals surface area contributed by atoms with Crippen LogP contribution in [0.5, 0.6) is 0 Å². The minimum atomic E-state index is -5.93. The molecular formula is C37H62N7O18P3S-4. The zero-order valence-electron chi connectivity index (χ0n) is 37.1. The summed E-state index contributed by atoms with van der Waals surface area (Å²) in [6, 6.07) is 0. The van der Waals surface area contributed by atoms with Crippen molar-refractivity contribution < 1.29 is 85.6 Å². The summed E-state index contributed by atoms with van der Waals surface area (Å²) < 4.78 is 60.8. The molecule has 3 unspecified atom stereocenters. The monoisotopic (exact) mass is 1020 g/mol. The number of thioether (sulfide) groups is 1. The molecule has 29 heteroatoms. The Labute approximate surface area is 387 Å². The van der Waals surface area contributed by atoms with Crippen molar-refractivity contribution in [3.63, 3.8) is 0 Å². The summed E-state index contributed by atoms with van der Waals surface area (Å²) in [5.74, 6) is -1.33. The molecule has 2 amide bonds. The van der Waals surface area contributed by atoms with Crippen molar-refractivity contribution in [2.45, 2.75) is 147 Å². The first-order valence-electron chi connectivity index (χ1n) is 21.6. The number of hydrogen-bond donors (Lipinski definition) is 6. The highest BCUT2D eigenvalue weighted by Crippen LogP contribution is 2.56. The Kier molecular flexibility index (Phi) is 24.2. The molecule has 25 nitrogen and oxygen atoms in total. The topological polar surface area (TPSA) is 395 Å². The minimum absolute atomic E-state index is 0.0166. The van der Waals surface area contributed by atoms with E-state index < -0.39 is 90.7 Å². The Morgan fingerprint density at radius 3 is 2.18 bits per heavy atom. The number of anilines is 1. The van der Waals surface area contributed by atoms with Crippen molar-refractivity contribution in [2.75, 3.05) is 37.8 Å². The molecule has 0 radical (unpaired) electrons. The molecule has 0 bridgehead atoms. The molecule has 0 aliphatic carbocycles. The number of imidazole rings is 1. The van der Waals surface area contributed by atoms with Crippen LogP contribution in [-0.4, -0.2) is 114 Å². The van der Waals surface area contributed by atoms with E-state index in [-0.39, 0.29) is 53.8 Å². The molecule has 8 atom stereocenters. The lowest BCUT2D eigenvalue weighted by Crippen LogP contribution is -2.46. The largest absolute Gasteiger partial charge is 0.790 e. The Morgan fingerprint density at radius 2 is 1.55 bits per heavy atom. The number of phosphoric ester groups is 3. The number of nitrogens with zero attached hydrogens (tertiary/aromatic N) is 4. The van der Waals surface area contributed by atoms with Gasteiger partial charge in [0.2, 0.25) is 11.8 Å². The first-order chi connectivity index (χ1) is 30.9. The third-order valence-corrected chi connectivity index (χ3v) is 14.2. The van der Waals surface area contributed by atoms with Crippen molar-refractivity contribution in [3.05, 3.63) is 12.7 Å². The Hall–Kier alpha value is -2.48. The molecule has 7 N–H and O–H groups in total. The van der Waals surface area contributed by atoms with Crippen molar-refractivity contribution in [1.29, 1.82) is 0 Å². The van der Waals surface area contributed by atoms with Crippen LogP contribution < -0.4 is 35.9 Å². The number of nitrogen functional groups attached to an aromatic ring is 1. The molecule has 1 saturated heterocycles. The van der Waals surface area contributed by atoms with E-state index in [1.54, 1.807) is 0 Å². The van der Waals surface area contributed by atoms with Gasteiger partial charge < -0.3 is 74.1 Å². The summed E-state index contributed by atoms with van der Waals surface area (Å²) in [6.07, 6.45) is 5.28. The molecule has 378 valence electrons.